The van der Waals surface area contributed by atoms with Crippen molar-refractivity contribution in [1.82, 2.24) is 5.32 Å². The van der Waals surface area contributed by atoms with Gasteiger partial charge in [-0.05, 0) is 38.9 Å². The molecule has 1 aromatic heterocycles. The minimum Gasteiger partial charge on any atom is -0.462 e. The molecule has 3 heteroatoms. The van der Waals surface area contributed by atoms with E-state index in [-0.39, 0.29) is 5.60 Å². The monoisotopic (exact) mass is 225 g/mol. The molecular weight excluding hydrogens is 202 g/mol. The molecule has 1 N–H and O–H groups in total. The fourth-order valence-corrected chi connectivity index (χ4v) is 1.21. The van der Waals surface area contributed by atoms with Crippen LogP contribution in [0.15, 0.2) is 16.5 Å². The highest BCUT2D eigenvalue weighted by Crippen LogP contribution is 2.17. The largest absolute Gasteiger partial charge is 0.462 e. The van der Waals surface area contributed by atoms with Crippen LogP contribution in [0, 0.1) is 0 Å². The van der Waals surface area contributed by atoms with Crippen LogP contribution < -0.4 is 5.32 Å². The Labute approximate surface area is 98.2 Å². The lowest BCUT2D eigenvalue weighted by Crippen LogP contribution is -2.22. The summed E-state index contributed by atoms with van der Waals surface area (Å²) in [5, 5.41) is 3.23. The molecule has 16 heavy (non-hydrogen) atoms. The lowest BCUT2D eigenvalue weighted by molar-refractivity contribution is -0.0386. The van der Waals surface area contributed by atoms with E-state index in [4.69, 9.17) is 9.15 Å². The van der Waals surface area contributed by atoms with E-state index in [1.807, 2.05) is 12.1 Å². The van der Waals surface area contributed by atoms with Crippen LogP contribution in [0.25, 0.3) is 0 Å². The van der Waals surface area contributed by atoms with Gasteiger partial charge in [0.2, 0.25) is 0 Å². The molecule has 0 aliphatic rings. The lowest BCUT2D eigenvalue weighted by Gasteiger charge is -2.22. The van der Waals surface area contributed by atoms with Crippen molar-refractivity contribution in [2.24, 2.45) is 0 Å². The first-order valence-electron chi connectivity index (χ1n) is 5.99. The van der Waals surface area contributed by atoms with Crippen molar-refractivity contribution in [3.05, 3.63) is 23.7 Å². The Morgan fingerprint density at radius 3 is 2.56 bits per heavy atom. The third-order valence-electron chi connectivity index (χ3n) is 2.72. The van der Waals surface area contributed by atoms with Gasteiger partial charge in [0, 0.05) is 0 Å². The first kappa shape index (κ1) is 13.3. The molecule has 0 spiro atoms. The molecule has 0 amide bonds. The average molecular weight is 225 g/mol. The lowest BCUT2D eigenvalue weighted by atomic mass is 10.1. The molecular formula is C13H23NO2. The van der Waals surface area contributed by atoms with E-state index in [9.17, 15) is 0 Å². The minimum atomic E-state index is -0.0748. The highest BCUT2D eigenvalue weighted by molar-refractivity contribution is 5.06. The van der Waals surface area contributed by atoms with Gasteiger partial charge < -0.3 is 14.5 Å². The average Bonchev–Trinajstić information content (AvgIpc) is 2.72. The highest BCUT2D eigenvalue weighted by Gasteiger charge is 2.16. The van der Waals surface area contributed by atoms with E-state index in [2.05, 4.69) is 33.0 Å². The van der Waals surface area contributed by atoms with Gasteiger partial charge in [0.15, 0.2) is 0 Å². The zero-order valence-corrected chi connectivity index (χ0v) is 10.8. The van der Waals surface area contributed by atoms with E-state index < -0.39 is 0 Å². The maximum Gasteiger partial charge on any atom is 0.129 e. The molecule has 92 valence electrons. The van der Waals surface area contributed by atoms with E-state index in [1.165, 1.54) is 0 Å². The van der Waals surface area contributed by atoms with Gasteiger partial charge in [-0.15, -0.1) is 0 Å². The first-order valence-corrected chi connectivity index (χ1v) is 5.99. The van der Waals surface area contributed by atoms with Gasteiger partial charge in [0.05, 0.1) is 12.1 Å². The molecule has 1 aromatic rings. The van der Waals surface area contributed by atoms with Crippen molar-refractivity contribution in [2.75, 3.05) is 6.54 Å². The Kier molecular flexibility index (Phi) is 5.03. The molecule has 1 rings (SSSR count). The van der Waals surface area contributed by atoms with Crippen molar-refractivity contribution in [1.29, 1.82) is 0 Å². The van der Waals surface area contributed by atoms with Gasteiger partial charge in [-0.25, -0.2) is 0 Å². The van der Waals surface area contributed by atoms with Gasteiger partial charge in [-0.2, -0.15) is 0 Å². The molecule has 0 atom stereocenters. The topological polar surface area (TPSA) is 34.4 Å². The fraction of sp³-hybridized carbons (Fsp3) is 0.692. The fourth-order valence-electron chi connectivity index (χ4n) is 1.21. The Morgan fingerprint density at radius 2 is 1.94 bits per heavy atom. The highest BCUT2D eigenvalue weighted by atomic mass is 16.5. The van der Waals surface area contributed by atoms with Crippen LogP contribution in [0.3, 0.4) is 0 Å². The number of hydrogen-bond donors (Lipinski definition) is 1. The maximum absolute atomic E-state index is 5.77. The van der Waals surface area contributed by atoms with Crippen LogP contribution >= 0.6 is 0 Å². The van der Waals surface area contributed by atoms with E-state index in [1.54, 1.807) is 0 Å². The SMILES string of the molecule is CCNCc1ccc(COC(C)(C)CC)o1. The van der Waals surface area contributed by atoms with E-state index in [0.717, 1.165) is 31.0 Å². The molecule has 0 fully saturated rings. The first-order chi connectivity index (χ1) is 7.57. The Hall–Kier alpha value is -0.800. The van der Waals surface area contributed by atoms with Crippen molar-refractivity contribution in [3.8, 4) is 0 Å². The zero-order valence-electron chi connectivity index (χ0n) is 10.8. The molecule has 0 aliphatic carbocycles. The predicted octanol–water partition coefficient (Wildman–Crippen LogP) is 3.09. The molecule has 3 nitrogen and oxygen atoms in total. The van der Waals surface area contributed by atoms with Crippen molar-refractivity contribution < 1.29 is 9.15 Å². The summed E-state index contributed by atoms with van der Waals surface area (Å²) >= 11 is 0. The van der Waals surface area contributed by atoms with Crippen LogP contribution in [0.1, 0.15) is 45.6 Å². The second-order valence-electron chi connectivity index (χ2n) is 4.55. The summed E-state index contributed by atoms with van der Waals surface area (Å²) in [6.45, 7) is 10.7. The Morgan fingerprint density at radius 1 is 1.25 bits per heavy atom. The number of hydrogen-bond acceptors (Lipinski definition) is 3. The summed E-state index contributed by atoms with van der Waals surface area (Å²) in [5.41, 5.74) is -0.0748. The quantitative estimate of drug-likeness (QED) is 0.774. The summed E-state index contributed by atoms with van der Waals surface area (Å²) in [6.07, 6.45) is 0.998. The second kappa shape index (κ2) is 6.06. The molecule has 0 saturated carbocycles. The number of rotatable bonds is 7. The van der Waals surface area contributed by atoms with Crippen LogP contribution in [0.5, 0.6) is 0 Å². The third-order valence-corrected chi connectivity index (χ3v) is 2.72. The number of nitrogens with one attached hydrogen (secondary N) is 1. The van der Waals surface area contributed by atoms with Crippen LogP contribution in [0.4, 0.5) is 0 Å². The smallest absolute Gasteiger partial charge is 0.129 e. The Bertz CT molecular complexity index is 305. The van der Waals surface area contributed by atoms with E-state index in [0.29, 0.717) is 6.61 Å². The normalized spacial score (nSPS) is 12.0. The van der Waals surface area contributed by atoms with Crippen molar-refractivity contribution in [3.63, 3.8) is 0 Å². The summed E-state index contributed by atoms with van der Waals surface area (Å²) in [6, 6.07) is 3.98. The third kappa shape index (κ3) is 4.37. The predicted molar refractivity (Wildman–Crippen MR) is 65.2 cm³/mol. The number of furan rings is 1. The summed E-state index contributed by atoms with van der Waals surface area (Å²) < 4.78 is 11.4. The summed E-state index contributed by atoms with van der Waals surface area (Å²) in [4.78, 5) is 0. The van der Waals surface area contributed by atoms with Crippen molar-refractivity contribution >= 4 is 0 Å². The minimum absolute atomic E-state index is 0.0748. The second-order valence-corrected chi connectivity index (χ2v) is 4.55. The van der Waals surface area contributed by atoms with E-state index >= 15 is 0 Å². The van der Waals surface area contributed by atoms with Gasteiger partial charge in [0.25, 0.3) is 0 Å². The molecule has 0 bridgehead atoms. The molecule has 0 aliphatic heterocycles. The summed E-state index contributed by atoms with van der Waals surface area (Å²) in [7, 11) is 0. The van der Waals surface area contributed by atoms with Gasteiger partial charge in [-0.1, -0.05) is 13.8 Å². The molecule has 1 heterocycles. The molecule has 0 radical (unpaired) electrons. The van der Waals surface area contributed by atoms with Crippen molar-refractivity contribution in [2.45, 2.75) is 52.9 Å². The summed E-state index contributed by atoms with van der Waals surface area (Å²) in [5.74, 6) is 1.86. The van der Waals surface area contributed by atoms with Gasteiger partial charge >= 0.3 is 0 Å². The Balaban J connectivity index is 2.40. The van der Waals surface area contributed by atoms with Crippen LogP contribution in [-0.2, 0) is 17.9 Å². The molecule has 0 aromatic carbocycles. The van der Waals surface area contributed by atoms with Crippen LogP contribution in [-0.4, -0.2) is 12.1 Å². The maximum atomic E-state index is 5.77. The molecule has 0 unspecified atom stereocenters. The standard InChI is InChI=1S/C13H23NO2/c1-5-13(3,4)15-10-12-8-7-11(16-12)9-14-6-2/h7-8,14H,5-6,9-10H2,1-4H3. The number of ether oxygens (including phenoxy) is 1. The molecule has 0 saturated heterocycles. The van der Waals surface area contributed by atoms with Crippen LogP contribution in [0.2, 0.25) is 0 Å². The zero-order chi connectivity index (χ0) is 12.0. The van der Waals surface area contributed by atoms with Gasteiger partial charge in [-0.3, -0.25) is 0 Å². The van der Waals surface area contributed by atoms with Gasteiger partial charge in [0.1, 0.15) is 18.1 Å².